The van der Waals surface area contributed by atoms with Crippen LogP contribution in [0, 0.1) is 43.4 Å². The molecule has 0 unspecified atom stereocenters. The number of aryl methyl sites for hydroxylation is 2. The normalized spacial score (nSPS) is 38.4. The van der Waals surface area contributed by atoms with Crippen LogP contribution in [0.25, 0.3) is 0 Å². The van der Waals surface area contributed by atoms with Gasteiger partial charge in [-0.25, -0.2) is 9.97 Å². The van der Waals surface area contributed by atoms with Gasteiger partial charge in [-0.2, -0.15) is 0 Å². The lowest BCUT2D eigenvalue weighted by atomic mass is 9.51. The van der Waals surface area contributed by atoms with E-state index >= 15 is 0 Å². The lowest BCUT2D eigenvalue weighted by molar-refractivity contribution is -0.0367. The highest BCUT2D eigenvalue weighted by atomic mass is 14.9. The van der Waals surface area contributed by atoms with E-state index in [9.17, 15) is 0 Å². The first-order valence-corrected chi connectivity index (χ1v) is 8.19. The molecule has 0 saturated heterocycles. The predicted octanol–water partition coefficient (Wildman–Crippen LogP) is 3.29. The Morgan fingerprint density at radius 1 is 0.900 bits per heavy atom. The fourth-order valence-electron chi connectivity index (χ4n) is 5.47. The summed E-state index contributed by atoms with van der Waals surface area (Å²) in [7, 11) is 0. The monoisotopic (exact) mass is 271 g/mol. The second-order valence-electron chi connectivity index (χ2n) is 7.52. The van der Waals surface area contributed by atoms with E-state index in [4.69, 9.17) is 5.73 Å². The van der Waals surface area contributed by atoms with Gasteiger partial charge in [-0.1, -0.05) is 0 Å². The van der Waals surface area contributed by atoms with E-state index in [-0.39, 0.29) is 0 Å². The molecule has 0 aliphatic heterocycles. The molecule has 4 bridgehead atoms. The first-order chi connectivity index (χ1) is 9.60. The van der Waals surface area contributed by atoms with E-state index in [0.29, 0.717) is 0 Å². The van der Waals surface area contributed by atoms with E-state index in [1.807, 2.05) is 13.8 Å². The molecular formula is C17H25N3. The fourth-order valence-corrected chi connectivity index (χ4v) is 5.47. The lowest BCUT2D eigenvalue weighted by Gasteiger charge is -2.54. The van der Waals surface area contributed by atoms with Crippen molar-refractivity contribution in [2.75, 3.05) is 5.73 Å². The summed E-state index contributed by atoms with van der Waals surface area (Å²) in [4.78, 5) is 9.30. The Morgan fingerprint density at radius 3 is 1.90 bits per heavy atom. The summed E-state index contributed by atoms with van der Waals surface area (Å²) < 4.78 is 0. The molecule has 4 saturated carbocycles. The van der Waals surface area contributed by atoms with E-state index in [1.165, 1.54) is 32.1 Å². The maximum absolute atomic E-state index is 5.97. The molecule has 2 N–H and O–H groups in total. The van der Waals surface area contributed by atoms with Crippen LogP contribution in [-0.4, -0.2) is 9.97 Å². The largest absolute Gasteiger partial charge is 0.396 e. The molecule has 3 heteroatoms. The van der Waals surface area contributed by atoms with Gasteiger partial charge in [0.1, 0.15) is 5.82 Å². The molecule has 1 aromatic heterocycles. The molecule has 4 aliphatic carbocycles. The molecule has 3 nitrogen and oxygen atoms in total. The van der Waals surface area contributed by atoms with Crippen LogP contribution in [0.3, 0.4) is 0 Å². The summed E-state index contributed by atoms with van der Waals surface area (Å²) in [5.41, 5.74) is 8.65. The maximum Gasteiger partial charge on any atom is 0.129 e. The minimum Gasteiger partial charge on any atom is -0.396 e. The molecule has 0 aromatic carbocycles. The first-order valence-electron chi connectivity index (χ1n) is 8.19. The molecule has 4 fully saturated rings. The second-order valence-corrected chi connectivity index (χ2v) is 7.52. The van der Waals surface area contributed by atoms with Crippen molar-refractivity contribution in [3.63, 3.8) is 0 Å². The molecule has 0 radical (unpaired) electrons. The Bertz CT molecular complexity index is 486. The Kier molecular flexibility index (Phi) is 2.80. The van der Waals surface area contributed by atoms with Crippen LogP contribution in [-0.2, 0) is 6.42 Å². The summed E-state index contributed by atoms with van der Waals surface area (Å²) in [5.74, 6) is 5.87. The van der Waals surface area contributed by atoms with Crippen molar-refractivity contribution in [2.24, 2.45) is 29.6 Å². The predicted molar refractivity (Wildman–Crippen MR) is 80.2 cm³/mol. The number of rotatable bonds is 2. The van der Waals surface area contributed by atoms with Gasteiger partial charge in [-0.3, -0.25) is 0 Å². The third-order valence-corrected chi connectivity index (χ3v) is 6.21. The van der Waals surface area contributed by atoms with Crippen LogP contribution in [0.4, 0.5) is 5.69 Å². The lowest BCUT2D eigenvalue weighted by Crippen LogP contribution is -2.45. The Labute approximate surface area is 121 Å². The van der Waals surface area contributed by atoms with Crippen LogP contribution in [0.15, 0.2) is 0 Å². The molecule has 1 aromatic rings. The van der Waals surface area contributed by atoms with Gasteiger partial charge < -0.3 is 5.73 Å². The van der Waals surface area contributed by atoms with Gasteiger partial charge in [0.2, 0.25) is 0 Å². The van der Waals surface area contributed by atoms with Gasteiger partial charge in [0, 0.05) is 6.42 Å². The standard InChI is InChI=1S/C17H25N3/c1-9-17(18)10(2)20-16(19-9)8-15-13-4-11-3-12(6-13)7-14(15)5-11/h11-15H,3-8,18H2,1-2H3. The van der Waals surface area contributed by atoms with Crippen molar-refractivity contribution >= 4 is 5.69 Å². The summed E-state index contributed by atoms with van der Waals surface area (Å²) in [6, 6.07) is 0. The van der Waals surface area contributed by atoms with Crippen LogP contribution in [0.2, 0.25) is 0 Å². The Morgan fingerprint density at radius 2 is 1.40 bits per heavy atom. The Hall–Kier alpha value is -1.12. The molecule has 0 spiro atoms. The number of nitrogens with zero attached hydrogens (tertiary/aromatic N) is 2. The van der Waals surface area contributed by atoms with Crippen LogP contribution in [0.1, 0.15) is 49.3 Å². The molecule has 108 valence electrons. The topological polar surface area (TPSA) is 51.8 Å². The molecule has 20 heavy (non-hydrogen) atoms. The van der Waals surface area contributed by atoms with E-state index in [1.54, 1.807) is 0 Å². The van der Waals surface area contributed by atoms with Crippen molar-refractivity contribution in [3.05, 3.63) is 17.2 Å². The smallest absolute Gasteiger partial charge is 0.129 e. The van der Waals surface area contributed by atoms with Crippen molar-refractivity contribution in [2.45, 2.75) is 52.4 Å². The van der Waals surface area contributed by atoms with Crippen molar-refractivity contribution < 1.29 is 0 Å². The number of anilines is 1. The number of nitrogen functional groups attached to an aromatic ring is 1. The van der Waals surface area contributed by atoms with Gasteiger partial charge >= 0.3 is 0 Å². The van der Waals surface area contributed by atoms with Crippen molar-refractivity contribution in [1.29, 1.82) is 0 Å². The highest BCUT2D eigenvalue weighted by Crippen LogP contribution is 2.57. The van der Waals surface area contributed by atoms with Gasteiger partial charge in [-0.15, -0.1) is 0 Å². The third kappa shape index (κ3) is 1.94. The van der Waals surface area contributed by atoms with E-state index < -0.39 is 0 Å². The summed E-state index contributed by atoms with van der Waals surface area (Å²) in [6.45, 7) is 4.01. The summed E-state index contributed by atoms with van der Waals surface area (Å²) in [5, 5.41) is 0. The van der Waals surface area contributed by atoms with Crippen molar-refractivity contribution in [3.8, 4) is 0 Å². The van der Waals surface area contributed by atoms with Gasteiger partial charge in [0.05, 0.1) is 17.1 Å². The summed E-state index contributed by atoms with van der Waals surface area (Å²) >= 11 is 0. The SMILES string of the molecule is Cc1nc(CC2C3CC4CC(C3)CC2C4)nc(C)c1N. The highest BCUT2D eigenvalue weighted by Gasteiger charge is 2.48. The molecule has 0 amide bonds. The molecule has 5 rings (SSSR count). The number of aromatic nitrogens is 2. The highest BCUT2D eigenvalue weighted by molar-refractivity contribution is 5.46. The number of nitrogens with two attached hydrogens (primary N) is 1. The number of hydrogen-bond acceptors (Lipinski definition) is 3. The zero-order valence-electron chi connectivity index (χ0n) is 12.6. The molecular weight excluding hydrogens is 246 g/mol. The van der Waals surface area contributed by atoms with E-state index in [2.05, 4.69) is 9.97 Å². The van der Waals surface area contributed by atoms with Crippen molar-refractivity contribution in [1.82, 2.24) is 9.97 Å². The van der Waals surface area contributed by atoms with Gasteiger partial charge in [0.25, 0.3) is 0 Å². The third-order valence-electron chi connectivity index (χ3n) is 6.21. The van der Waals surface area contributed by atoms with Gasteiger partial charge in [-0.05, 0) is 75.5 Å². The molecule has 4 aliphatic rings. The minimum atomic E-state index is 0.763. The quantitative estimate of drug-likeness (QED) is 0.898. The average molecular weight is 271 g/mol. The van der Waals surface area contributed by atoms with Crippen LogP contribution >= 0.6 is 0 Å². The number of hydrogen-bond donors (Lipinski definition) is 1. The van der Waals surface area contributed by atoms with Crippen LogP contribution < -0.4 is 5.73 Å². The summed E-state index contributed by atoms with van der Waals surface area (Å²) in [6.07, 6.45) is 8.51. The van der Waals surface area contributed by atoms with E-state index in [0.717, 1.165) is 58.9 Å². The Balaban J connectivity index is 1.57. The second kappa shape index (κ2) is 4.44. The maximum atomic E-state index is 5.97. The van der Waals surface area contributed by atoms with Gasteiger partial charge in [0.15, 0.2) is 0 Å². The minimum absolute atomic E-state index is 0.763. The molecule has 1 heterocycles. The average Bonchev–Trinajstić information content (AvgIpc) is 2.39. The zero-order chi connectivity index (χ0) is 13.9. The van der Waals surface area contributed by atoms with Crippen LogP contribution in [0.5, 0.6) is 0 Å². The molecule has 0 atom stereocenters. The first kappa shape index (κ1) is 12.6. The fraction of sp³-hybridized carbons (Fsp3) is 0.765. The zero-order valence-corrected chi connectivity index (χ0v) is 12.6.